The van der Waals surface area contributed by atoms with Crippen LogP contribution in [0.5, 0.6) is 0 Å². The largest absolute Gasteiger partial charge is 2.00 e. The Bertz CT molecular complexity index is 585. The summed E-state index contributed by atoms with van der Waals surface area (Å²) in [6, 6.07) is 11.6. The first-order valence-electron chi connectivity index (χ1n) is 6.77. The van der Waals surface area contributed by atoms with Crippen molar-refractivity contribution >= 4 is 55.1 Å². The summed E-state index contributed by atoms with van der Waals surface area (Å²) < 4.78 is 0. The molecule has 0 bridgehead atoms. The first-order chi connectivity index (χ1) is 10.4. The molecule has 0 aliphatic carbocycles. The van der Waals surface area contributed by atoms with E-state index in [1.54, 1.807) is 12.4 Å². The maximum absolute atomic E-state index is 10.6. The Kier molecular flexibility index (Phi) is 10.5. The summed E-state index contributed by atoms with van der Waals surface area (Å²) >= 11 is 0. The summed E-state index contributed by atoms with van der Waals surface area (Å²) in [6.45, 7) is 3.73. The van der Waals surface area contributed by atoms with Gasteiger partial charge in [-0.05, 0) is 45.0 Å². The summed E-state index contributed by atoms with van der Waals surface area (Å²) in [6.07, 6.45) is 3.54. The van der Waals surface area contributed by atoms with Gasteiger partial charge in [0.2, 0.25) is 0 Å². The molecule has 0 radical (unpaired) electrons. The molecule has 118 valence electrons. The van der Waals surface area contributed by atoms with E-state index in [2.05, 4.69) is 9.97 Å². The molecular formula is C17H20CaN2O3. The third-order valence-electron chi connectivity index (χ3n) is 2.81. The van der Waals surface area contributed by atoms with Gasteiger partial charge in [-0.3, -0.25) is 24.4 Å². The molecule has 0 atom stereocenters. The minimum absolute atomic E-state index is 0. The average molecular weight is 340 g/mol. The van der Waals surface area contributed by atoms with Crippen LogP contribution in [0, 0.1) is 5.92 Å². The van der Waals surface area contributed by atoms with E-state index < -0.39 is 5.92 Å². The van der Waals surface area contributed by atoms with Crippen molar-refractivity contribution in [2.45, 2.75) is 20.8 Å². The number of ketones is 3. The Morgan fingerprint density at radius 2 is 1.13 bits per heavy atom. The molecule has 23 heavy (non-hydrogen) atoms. The van der Waals surface area contributed by atoms with E-state index in [0.717, 1.165) is 11.4 Å². The number of rotatable bonds is 4. The second-order valence-electron chi connectivity index (χ2n) is 4.69. The molecule has 2 aromatic rings. The Morgan fingerprint density at radius 1 is 0.783 bits per heavy atom. The number of carbonyl (C=O) groups excluding carboxylic acids is 3. The summed E-state index contributed by atoms with van der Waals surface area (Å²) in [7, 11) is 0. The van der Waals surface area contributed by atoms with Crippen LogP contribution in [-0.4, -0.2) is 65.1 Å². The fraction of sp³-hybridized carbons (Fsp3) is 0.235. The topological polar surface area (TPSA) is 77.0 Å². The van der Waals surface area contributed by atoms with Crippen molar-refractivity contribution < 1.29 is 17.2 Å². The summed E-state index contributed by atoms with van der Waals surface area (Å²) in [4.78, 5) is 40.1. The minimum atomic E-state index is -1.03. The molecule has 0 fully saturated rings. The van der Waals surface area contributed by atoms with E-state index in [9.17, 15) is 14.4 Å². The van der Waals surface area contributed by atoms with E-state index in [1.165, 1.54) is 20.8 Å². The van der Waals surface area contributed by atoms with Crippen molar-refractivity contribution in [2.24, 2.45) is 5.92 Å². The summed E-state index contributed by atoms with van der Waals surface area (Å²) in [5, 5.41) is 0. The molecule has 0 saturated heterocycles. The van der Waals surface area contributed by atoms with Crippen LogP contribution in [0.1, 0.15) is 23.6 Å². The van der Waals surface area contributed by atoms with E-state index in [-0.39, 0.29) is 57.9 Å². The van der Waals surface area contributed by atoms with Crippen molar-refractivity contribution in [3.63, 3.8) is 0 Å². The van der Waals surface area contributed by atoms with Gasteiger partial charge in [-0.2, -0.15) is 0 Å². The third-order valence-corrected chi connectivity index (χ3v) is 2.81. The zero-order valence-electron chi connectivity index (χ0n) is 15.5. The molecule has 2 aromatic heterocycles. The fourth-order valence-electron chi connectivity index (χ4n) is 1.89. The van der Waals surface area contributed by atoms with Crippen LogP contribution in [-0.2, 0) is 14.4 Å². The second-order valence-corrected chi connectivity index (χ2v) is 4.69. The molecule has 0 aliphatic rings. The minimum Gasteiger partial charge on any atom is -1.00 e. The van der Waals surface area contributed by atoms with Crippen molar-refractivity contribution in [1.82, 2.24) is 9.97 Å². The molecule has 0 saturated carbocycles. The van der Waals surface area contributed by atoms with Crippen LogP contribution in [0.25, 0.3) is 11.4 Å². The standard InChI is InChI=1S/C10H8N2.C7H10O3.Ca.2H/c1-3-7-11-9(5-1)10-6-2-4-8-12-10;1-4(8)7(5(2)9)6(3)10;;;/h1-8H;7H,1-3H3;;;/q;;+2;2*-1. The van der Waals surface area contributed by atoms with Gasteiger partial charge in [0.05, 0.1) is 11.4 Å². The van der Waals surface area contributed by atoms with Crippen molar-refractivity contribution in [3.05, 3.63) is 48.8 Å². The van der Waals surface area contributed by atoms with Crippen LogP contribution in [0.3, 0.4) is 0 Å². The molecule has 0 aliphatic heterocycles. The quantitative estimate of drug-likeness (QED) is 0.631. The summed E-state index contributed by atoms with van der Waals surface area (Å²) in [5.41, 5.74) is 1.83. The van der Waals surface area contributed by atoms with E-state index in [0.29, 0.717) is 0 Å². The number of hydrogen-bond donors (Lipinski definition) is 0. The maximum atomic E-state index is 10.6. The van der Waals surface area contributed by atoms with Crippen molar-refractivity contribution in [1.29, 1.82) is 0 Å². The first-order valence-corrected chi connectivity index (χ1v) is 6.77. The Labute approximate surface area is 168 Å². The monoisotopic (exact) mass is 340 g/mol. The molecule has 5 nitrogen and oxygen atoms in total. The Morgan fingerprint density at radius 3 is 1.30 bits per heavy atom. The van der Waals surface area contributed by atoms with Crippen LogP contribution < -0.4 is 0 Å². The van der Waals surface area contributed by atoms with E-state index in [4.69, 9.17) is 0 Å². The molecule has 0 unspecified atom stereocenters. The normalized spacial score (nSPS) is 9.22. The molecule has 0 amide bonds. The van der Waals surface area contributed by atoms with Gasteiger partial charge >= 0.3 is 37.7 Å². The van der Waals surface area contributed by atoms with E-state index >= 15 is 0 Å². The number of aromatic nitrogens is 2. The van der Waals surface area contributed by atoms with Crippen LogP contribution in [0.2, 0.25) is 0 Å². The zero-order chi connectivity index (χ0) is 16.5. The van der Waals surface area contributed by atoms with E-state index in [1.807, 2.05) is 36.4 Å². The number of nitrogens with zero attached hydrogens (tertiary/aromatic N) is 2. The predicted octanol–water partition coefficient (Wildman–Crippen LogP) is 2.36. The number of pyridine rings is 2. The molecule has 2 rings (SSSR count). The molecule has 0 N–H and O–H groups in total. The zero-order valence-corrected chi connectivity index (χ0v) is 15.7. The molecule has 0 spiro atoms. The molecule has 2 heterocycles. The Balaban J connectivity index is -0.000000352. The van der Waals surface area contributed by atoms with Gasteiger partial charge in [-0.1, -0.05) is 12.1 Å². The fourth-order valence-corrected chi connectivity index (χ4v) is 1.89. The molecule has 0 aromatic carbocycles. The second kappa shape index (κ2) is 11.2. The third kappa shape index (κ3) is 7.59. The van der Waals surface area contributed by atoms with Gasteiger partial charge in [0, 0.05) is 12.4 Å². The maximum Gasteiger partial charge on any atom is 2.00 e. The number of hydrogen-bond acceptors (Lipinski definition) is 5. The van der Waals surface area contributed by atoms with Crippen molar-refractivity contribution in [3.8, 4) is 11.4 Å². The van der Waals surface area contributed by atoms with Crippen molar-refractivity contribution in [2.75, 3.05) is 0 Å². The SMILES string of the molecule is CC(=O)C(C(C)=O)C(C)=O.[Ca+2].[H-].[H-].c1ccc(-c2ccccn2)nc1. The van der Waals surface area contributed by atoms with Gasteiger partial charge < -0.3 is 2.85 Å². The Hall–Kier alpha value is -1.43. The average Bonchev–Trinajstić information content (AvgIpc) is 2.48. The van der Waals surface area contributed by atoms with Gasteiger partial charge in [-0.15, -0.1) is 0 Å². The van der Waals surface area contributed by atoms with Crippen LogP contribution >= 0.6 is 0 Å². The number of Topliss-reactive ketones (excluding diaryl/α,β-unsaturated/α-hetero) is 3. The van der Waals surface area contributed by atoms with Gasteiger partial charge in [0.15, 0.2) is 0 Å². The van der Waals surface area contributed by atoms with Gasteiger partial charge in [-0.25, -0.2) is 0 Å². The molecular weight excluding hydrogens is 320 g/mol. The van der Waals surface area contributed by atoms with Gasteiger partial charge in [0.25, 0.3) is 0 Å². The van der Waals surface area contributed by atoms with Gasteiger partial charge in [0.1, 0.15) is 23.3 Å². The first kappa shape index (κ1) is 21.6. The predicted molar refractivity (Wildman–Crippen MR) is 91.0 cm³/mol. The number of carbonyl (C=O) groups is 3. The van der Waals surface area contributed by atoms with Crippen LogP contribution in [0.4, 0.5) is 0 Å². The molecule has 6 heteroatoms. The smallest absolute Gasteiger partial charge is 1.00 e. The summed E-state index contributed by atoms with van der Waals surface area (Å²) in [5.74, 6) is -2.15. The van der Waals surface area contributed by atoms with Crippen LogP contribution in [0.15, 0.2) is 48.8 Å².